The van der Waals surface area contributed by atoms with E-state index < -0.39 is 0 Å². The van der Waals surface area contributed by atoms with Crippen LogP contribution < -0.4 is 0 Å². The fourth-order valence-corrected chi connectivity index (χ4v) is 2.27. The Morgan fingerprint density at radius 2 is 2.25 bits per heavy atom. The summed E-state index contributed by atoms with van der Waals surface area (Å²) in [4.78, 5) is 14.0. The Kier molecular flexibility index (Phi) is 3.61. The summed E-state index contributed by atoms with van der Waals surface area (Å²) in [5, 5.41) is 0. The molecule has 0 saturated carbocycles. The molecule has 0 radical (unpaired) electrons. The highest BCUT2D eigenvalue weighted by atomic mass is 79.9. The lowest BCUT2D eigenvalue weighted by molar-refractivity contribution is 0.0710. The topological polar surface area (TPSA) is 29.5 Å². The first-order valence-electron chi connectivity index (χ1n) is 5.29. The van der Waals surface area contributed by atoms with E-state index in [-0.39, 0.29) is 11.9 Å². The molecule has 1 aromatic carbocycles. The van der Waals surface area contributed by atoms with E-state index in [0.29, 0.717) is 12.2 Å². The van der Waals surface area contributed by atoms with Gasteiger partial charge in [-0.05, 0) is 34.5 Å². The predicted molar refractivity (Wildman–Crippen MR) is 65.5 cm³/mol. The molecular weight excluding hydrogens is 270 g/mol. The van der Waals surface area contributed by atoms with Crippen LogP contribution in [-0.2, 0) is 4.74 Å². The summed E-state index contributed by atoms with van der Waals surface area (Å²) in [6.07, 6.45) is 0.923. The van der Waals surface area contributed by atoms with Gasteiger partial charge >= 0.3 is 0 Å². The first kappa shape index (κ1) is 11.6. The van der Waals surface area contributed by atoms with Crippen LogP contribution in [0.1, 0.15) is 16.8 Å². The molecule has 1 fully saturated rings. The van der Waals surface area contributed by atoms with Crippen molar-refractivity contribution in [3.63, 3.8) is 0 Å². The number of ether oxygens (including phenoxy) is 1. The number of likely N-dealkylation sites (N-methyl/N-ethyl adjacent to an activating group) is 1. The van der Waals surface area contributed by atoms with Crippen LogP contribution in [-0.4, -0.2) is 37.1 Å². The maximum atomic E-state index is 12.2. The zero-order valence-electron chi connectivity index (χ0n) is 9.15. The summed E-state index contributed by atoms with van der Waals surface area (Å²) >= 11 is 3.40. The van der Waals surface area contributed by atoms with E-state index >= 15 is 0 Å². The lowest BCUT2D eigenvalue weighted by atomic mass is 10.1. The van der Waals surface area contributed by atoms with Crippen molar-refractivity contribution in [1.29, 1.82) is 0 Å². The van der Waals surface area contributed by atoms with E-state index in [2.05, 4.69) is 15.9 Å². The summed E-state index contributed by atoms with van der Waals surface area (Å²) in [6.45, 7) is 1.39. The third-order valence-corrected chi connectivity index (χ3v) is 3.57. The highest BCUT2D eigenvalue weighted by molar-refractivity contribution is 9.10. The van der Waals surface area contributed by atoms with E-state index in [1.165, 1.54) is 0 Å². The van der Waals surface area contributed by atoms with Gasteiger partial charge in [0.1, 0.15) is 0 Å². The van der Waals surface area contributed by atoms with Crippen molar-refractivity contribution in [1.82, 2.24) is 4.90 Å². The average Bonchev–Trinajstić information content (AvgIpc) is 2.81. The second kappa shape index (κ2) is 4.97. The third kappa shape index (κ3) is 2.28. The van der Waals surface area contributed by atoms with Crippen molar-refractivity contribution in [3.05, 3.63) is 34.3 Å². The van der Waals surface area contributed by atoms with Gasteiger partial charge in [0.25, 0.3) is 5.91 Å². The van der Waals surface area contributed by atoms with Gasteiger partial charge in [-0.25, -0.2) is 0 Å². The molecule has 0 N–H and O–H groups in total. The third-order valence-electron chi connectivity index (χ3n) is 2.88. The fourth-order valence-electron chi connectivity index (χ4n) is 1.82. The van der Waals surface area contributed by atoms with Crippen molar-refractivity contribution in [2.75, 3.05) is 20.3 Å². The molecule has 3 nitrogen and oxygen atoms in total. The van der Waals surface area contributed by atoms with Crippen LogP contribution in [0.5, 0.6) is 0 Å². The summed E-state index contributed by atoms with van der Waals surface area (Å²) in [7, 11) is 1.83. The van der Waals surface area contributed by atoms with Gasteiger partial charge in [0.2, 0.25) is 0 Å². The molecule has 0 aliphatic carbocycles. The Balaban J connectivity index is 2.15. The average molecular weight is 284 g/mol. The van der Waals surface area contributed by atoms with Gasteiger partial charge < -0.3 is 9.64 Å². The van der Waals surface area contributed by atoms with Gasteiger partial charge in [-0.1, -0.05) is 12.1 Å². The molecule has 1 aliphatic heterocycles. The van der Waals surface area contributed by atoms with E-state index in [1.807, 2.05) is 31.3 Å². The quantitative estimate of drug-likeness (QED) is 0.834. The van der Waals surface area contributed by atoms with E-state index in [9.17, 15) is 4.79 Å². The number of carbonyl (C=O) groups is 1. The van der Waals surface area contributed by atoms with Crippen molar-refractivity contribution >= 4 is 21.8 Å². The largest absolute Gasteiger partial charge is 0.379 e. The van der Waals surface area contributed by atoms with Crippen LogP contribution >= 0.6 is 15.9 Å². The molecule has 0 bridgehead atoms. The number of hydrogen-bond donors (Lipinski definition) is 0. The summed E-state index contributed by atoms with van der Waals surface area (Å²) in [6, 6.07) is 7.70. The SMILES string of the molecule is CN(C(=O)c1ccccc1Br)C1CCOC1. The van der Waals surface area contributed by atoms with Crippen LogP contribution in [0.3, 0.4) is 0 Å². The zero-order chi connectivity index (χ0) is 11.5. The monoisotopic (exact) mass is 283 g/mol. The van der Waals surface area contributed by atoms with Crippen LogP contribution in [0.2, 0.25) is 0 Å². The molecule has 1 saturated heterocycles. The second-order valence-corrected chi connectivity index (χ2v) is 4.77. The van der Waals surface area contributed by atoms with Crippen LogP contribution in [0.25, 0.3) is 0 Å². The van der Waals surface area contributed by atoms with Crippen LogP contribution in [0.15, 0.2) is 28.7 Å². The number of hydrogen-bond acceptors (Lipinski definition) is 2. The van der Waals surface area contributed by atoms with Gasteiger partial charge in [-0.15, -0.1) is 0 Å². The number of amides is 1. The number of rotatable bonds is 2. The number of halogens is 1. The summed E-state index contributed by atoms with van der Waals surface area (Å²) < 4.78 is 6.13. The number of benzene rings is 1. The Hall–Kier alpha value is -0.870. The minimum atomic E-state index is 0.0444. The highest BCUT2D eigenvalue weighted by Crippen LogP contribution is 2.20. The zero-order valence-corrected chi connectivity index (χ0v) is 10.7. The summed E-state index contributed by atoms with van der Waals surface area (Å²) in [5.41, 5.74) is 0.705. The number of carbonyl (C=O) groups excluding carboxylic acids is 1. The first-order chi connectivity index (χ1) is 7.70. The van der Waals surface area contributed by atoms with Gasteiger partial charge in [0, 0.05) is 18.1 Å². The van der Waals surface area contributed by atoms with Gasteiger partial charge in [-0.2, -0.15) is 0 Å². The molecule has 86 valence electrons. The van der Waals surface area contributed by atoms with Gasteiger partial charge in [0.05, 0.1) is 18.2 Å². The van der Waals surface area contributed by atoms with Gasteiger partial charge in [-0.3, -0.25) is 4.79 Å². The Labute approximate surface area is 104 Å². The fraction of sp³-hybridized carbons (Fsp3) is 0.417. The standard InChI is InChI=1S/C12H14BrNO2/c1-14(9-6-7-16-8-9)12(15)10-4-2-3-5-11(10)13/h2-5,9H,6-8H2,1H3. The molecule has 1 atom stereocenters. The molecule has 1 aromatic rings. The van der Waals surface area contributed by atoms with Crippen molar-refractivity contribution in [2.24, 2.45) is 0 Å². The van der Waals surface area contributed by atoms with E-state index in [0.717, 1.165) is 17.5 Å². The van der Waals surface area contributed by atoms with E-state index in [1.54, 1.807) is 4.90 Å². The van der Waals surface area contributed by atoms with Crippen molar-refractivity contribution < 1.29 is 9.53 Å². The maximum absolute atomic E-state index is 12.2. The van der Waals surface area contributed by atoms with Crippen LogP contribution in [0.4, 0.5) is 0 Å². The second-order valence-electron chi connectivity index (χ2n) is 3.91. The normalized spacial score (nSPS) is 19.8. The van der Waals surface area contributed by atoms with E-state index in [4.69, 9.17) is 4.74 Å². The van der Waals surface area contributed by atoms with Gasteiger partial charge in [0.15, 0.2) is 0 Å². The highest BCUT2D eigenvalue weighted by Gasteiger charge is 2.25. The minimum absolute atomic E-state index is 0.0444. The van der Waals surface area contributed by atoms with Crippen molar-refractivity contribution in [3.8, 4) is 0 Å². The first-order valence-corrected chi connectivity index (χ1v) is 6.09. The molecule has 16 heavy (non-hydrogen) atoms. The lowest BCUT2D eigenvalue weighted by Crippen LogP contribution is -2.37. The maximum Gasteiger partial charge on any atom is 0.255 e. The Bertz CT molecular complexity index is 388. The van der Waals surface area contributed by atoms with Crippen LogP contribution in [0, 0.1) is 0 Å². The Morgan fingerprint density at radius 1 is 1.50 bits per heavy atom. The molecule has 0 spiro atoms. The molecule has 2 rings (SSSR count). The Morgan fingerprint density at radius 3 is 2.88 bits per heavy atom. The number of nitrogens with zero attached hydrogens (tertiary/aromatic N) is 1. The predicted octanol–water partition coefficient (Wildman–Crippen LogP) is 2.31. The summed E-state index contributed by atoms with van der Waals surface area (Å²) in [5.74, 6) is 0.0444. The lowest BCUT2D eigenvalue weighted by Gasteiger charge is -2.23. The molecule has 1 amide bonds. The van der Waals surface area contributed by atoms with Crippen molar-refractivity contribution in [2.45, 2.75) is 12.5 Å². The molecular formula is C12H14BrNO2. The smallest absolute Gasteiger partial charge is 0.255 e. The molecule has 0 aromatic heterocycles. The molecule has 1 aliphatic rings. The molecule has 1 heterocycles. The minimum Gasteiger partial charge on any atom is -0.379 e. The molecule has 4 heteroatoms. The molecule has 1 unspecified atom stereocenters.